The quantitative estimate of drug-likeness (QED) is 0.632. The van der Waals surface area contributed by atoms with Crippen LogP contribution in [0.1, 0.15) is 19.8 Å². The predicted molar refractivity (Wildman–Crippen MR) is 75.2 cm³/mol. The van der Waals surface area contributed by atoms with Crippen LogP contribution in [0.5, 0.6) is 11.5 Å². The van der Waals surface area contributed by atoms with Crippen molar-refractivity contribution in [3.63, 3.8) is 0 Å². The number of hydrogen-bond donors (Lipinski definition) is 1. The Morgan fingerprint density at radius 2 is 2.10 bits per heavy atom. The van der Waals surface area contributed by atoms with Gasteiger partial charge in [0.15, 0.2) is 11.5 Å². The summed E-state index contributed by atoms with van der Waals surface area (Å²) in [5, 5.41) is 2.73. The number of ether oxygens (including phenoxy) is 3. The number of para-hydroxylation sites is 2. The Bertz CT molecular complexity index is 503. The molecule has 0 fully saturated rings. The summed E-state index contributed by atoms with van der Waals surface area (Å²) < 4.78 is 15.9. The van der Waals surface area contributed by atoms with Gasteiger partial charge < -0.3 is 19.5 Å². The number of amides is 1. The van der Waals surface area contributed by atoms with E-state index in [1.54, 1.807) is 19.1 Å². The standard InChI is InChI=1S/C15H19NO5/c1-2-19-14(17)8-5-9-16-15(18)13-10-20-11-6-3-4-7-12(11)21-13/h3-4,6-7,13H,2,5,8-10H2,1H3,(H,16,18). The van der Waals surface area contributed by atoms with Gasteiger partial charge in [0.1, 0.15) is 6.61 Å². The zero-order valence-corrected chi connectivity index (χ0v) is 12.0. The molecule has 0 aromatic heterocycles. The molecule has 21 heavy (non-hydrogen) atoms. The fourth-order valence-electron chi connectivity index (χ4n) is 1.94. The third-order valence-electron chi connectivity index (χ3n) is 2.96. The number of rotatable bonds is 6. The molecule has 1 aromatic rings. The maximum atomic E-state index is 11.9. The van der Waals surface area contributed by atoms with E-state index in [1.165, 1.54) is 0 Å². The van der Waals surface area contributed by atoms with E-state index in [2.05, 4.69) is 5.32 Å². The molecule has 0 aliphatic carbocycles. The van der Waals surface area contributed by atoms with Crippen LogP contribution in [0.25, 0.3) is 0 Å². The van der Waals surface area contributed by atoms with Gasteiger partial charge in [-0.15, -0.1) is 0 Å². The monoisotopic (exact) mass is 293 g/mol. The van der Waals surface area contributed by atoms with Gasteiger partial charge in [0.25, 0.3) is 5.91 Å². The molecule has 6 heteroatoms. The third-order valence-corrected chi connectivity index (χ3v) is 2.96. The Balaban J connectivity index is 1.71. The van der Waals surface area contributed by atoms with E-state index >= 15 is 0 Å². The molecule has 6 nitrogen and oxygen atoms in total. The van der Waals surface area contributed by atoms with Crippen LogP contribution in [0.2, 0.25) is 0 Å². The van der Waals surface area contributed by atoms with E-state index in [4.69, 9.17) is 14.2 Å². The van der Waals surface area contributed by atoms with Gasteiger partial charge in [-0.2, -0.15) is 0 Å². The zero-order chi connectivity index (χ0) is 15.1. The van der Waals surface area contributed by atoms with E-state index in [0.717, 1.165) is 0 Å². The lowest BCUT2D eigenvalue weighted by Crippen LogP contribution is -2.44. The molecule has 0 saturated heterocycles. The molecule has 2 rings (SSSR count). The molecular weight excluding hydrogens is 274 g/mol. The Hall–Kier alpha value is -2.24. The largest absolute Gasteiger partial charge is 0.485 e. The highest BCUT2D eigenvalue weighted by Crippen LogP contribution is 2.30. The van der Waals surface area contributed by atoms with Crippen molar-refractivity contribution in [2.75, 3.05) is 19.8 Å². The van der Waals surface area contributed by atoms with Crippen molar-refractivity contribution in [3.05, 3.63) is 24.3 Å². The highest BCUT2D eigenvalue weighted by Gasteiger charge is 2.26. The van der Waals surface area contributed by atoms with E-state index in [0.29, 0.717) is 37.5 Å². The zero-order valence-electron chi connectivity index (χ0n) is 12.0. The molecule has 0 spiro atoms. The lowest BCUT2D eigenvalue weighted by molar-refractivity contribution is -0.143. The lowest BCUT2D eigenvalue weighted by atomic mass is 10.2. The van der Waals surface area contributed by atoms with Gasteiger partial charge in [-0.1, -0.05) is 12.1 Å². The highest BCUT2D eigenvalue weighted by molar-refractivity contribution is 5.81. The first-order chi connectivity index (χ1) is 10.2. The van der Waals surface area contributed by atoms with Gasteiger partial charge in [0.2, 0.25) is 6.10 Å². The van der Waals surface area contributed by atoms with Crippen LogP contribution < -0.4 is 14.8 Å². The minimum absolute atomic E-state index is 0.181. The second kappa shape index (κ2) is 7.52. The molecule has 1 aromatic carbocycles. The summed E-state index contributed by atoms with van der Waals surface area (Å²) >= 11 is 0. The maximum absolute atomic E-state index is 11.9. The summed E-state index contributed by atoms with van der Waals surface area (Å²) in [4.78, 5) is 23.1. The van der Waals surface area contributed by atoms with Gasteiger partial charge in [-0.05, 0) is 25.5 Å². The number of carbonyl (C=O) groups is 2. The summed E-state index contributed by atoms with van der Waals surface area (Å²) in [7, 11) is 0. The van der Waals surface area contributed by atoms with Gasteiger partial charge in [-0.25, -0.2) is 0 Å². The molecule has 0 radical (unpaired) electrons. The Morgan fingerprint density at radius 1 is 1.33 bits per heavy atom. The minimum Gasteiger partial charge on any atom is -0.485 e. The van der Waals surface area contributed by atoms with E-state index in [-0.39, 0.29) is 18.5 Å². The molecule has 1 aliphatic heterocycles. The normalized spacial score (nSPS) is 16.1. The average molecular weight is 293 g/mol. The molecule has 1 amide bonds. The van der Waals surface area contributed by atoms with Gasteiger partial charge in [-0.3, -0.25) is 9.59 Å². The smallest absolute Gasteiger partial charge is 0.305 e. The Morgan fingerprint density at radius 3 is 2.86 bits per heavy atom. The highest BCUT2D eigenvalue weighted by atomic mass is 16.6. The second-order valence-corrected chi connectivity index (χ2v) is 4.56. The molecule has 0 saturated carbocycles. The number of carbonyl (C=O) groups excluding carboxylic acids is 2. The molecule has 0 bridgehead atoms. The molecule has 114 valence electrons. The molecular formula is C15H19NO5. The SMILES string of the molecule is CCOC(=O)CCCNC(=O)C1COc2ccccc2O1. The first-order valence-electron chi connectivity index (χ1n) is 7.02. The van der Waals surface area contributed by atoms with Crippen molar-refractivity contribution in [3.8, 4) is 11.5 Å². The van der Waals surface area contributed by atoms with Crippen LogP contribution in [-0.2, 0) is 14.3 Å². The summed E-state index contributed by atoms with van der Waals surface area (Å²) in [5.41, 5.74) is 0. The molecule has 1 aliphatic rings. The lowest BCUT2D eigenvalue weighted by Gasteiger charge is -2.25. The molecule has 1 heterocycles. The minimum atomic E-state index is -0.664. The third kappa shape index (κ3) is 4.37. The van der Waals surface area contributed by atoms with Crippen LogP contribution in [-0.4, -0.2) is 37.7 Å². The van der Waals surface area contributed by atoms with Crippen LogP contribution in [0.4, 0.5) is 0 Å². The fourth-order valence-corrected chi connectivity index (χ4v) is 1.94. The predicted octanol–water partition coefficient (Wildman–Crippen LogP) is 1.29. The Labute approximate surface area is 123 Å². The summed E-state index contributed by atoms with van der Waals surface area (Å²) in [6.45, 7) is 2.72. The van der Waals surface area contributed by atoms with Crippen molar-refractivity contribution in [2.24, 2.45) is 0 Å². The molecule has 1 unspecified atom stereocenters. The number of benzene rings is 1. The maximum Gasteiger partial charge on any atom is 0.305 e. The first kappa shape index (κ1) is 15.2. The van der Waals surface area contributed by atoms with Crippen molar-refractivity contribution in [1.29, 1.82) is 0 Å². The van der Waals surface area contributed by atoms with Gasteiger partial charge >= 0.3 is 5.97 Å². The van der Waals surface area contributed by atoms with E-state index in [9.17, 15) is 9.59 Å². The van der Waals surface area contributed by atoms with Crippen molar-refractivity contribution < 1.29 is 23.8 Å². The van der Waals surface area contributed by atoms with Crippen molar-refractivity contribution >= 4 is 11.9 Å². The van der Waals surface area contributed by atoms with Crippen molar-refractivity contribution in [1.82, 2.24) is 5.32 Å². The van der Waals surface area contributed by atoms with Gasteiger partial charge in [0.05, 0.1) is 6.61 Å². The fraction of sp³-hybridized carbons (Fsp3) is 0.467. The molecule has 1 N–H and O–H groups in total. The Kier molecular flexibility index (Phi) is 5.43. The average Bonchev–Trinajstić information content (AvgIpc) is 2.51. The van der Waals surface area contributed by atoms with Crippen LogP contribution in [0, 0.1) is 0 Å². The van der Waals surface area contributed by atoms with Crippen LogP contribution in [0.3, 0.4) is 0 Å². The van der Waals surface area contributed by atoms with Crippen LogP contribution in [0.15, 0.2) is 24.3 Å². The van der Waals surface area contributed by atoms with E-state index < -0.39 is 6.10 Å². The number of esters is 1. The van der Waals surface area contributed by atoms with E-state index in [1.807, 2.05) is 12.1 Å². The second-order valence-electron chi connectivity index (χ2n) is 4.56. The number of hydrogen-bond acceptors (Lipinski definition) is 5. The molecule has 1 atom stereocenters. The summed E-state index contributed by atoms with van der Waals surface area (Å²) in [6, 6.07) is 7.22. The summed E-state index contributed by atoms with van der Waals surface area (Å²) in [5.74, 6) is 0.713. The van der Waals surface area contributed by atoms with Gasteiger partial charge in [0, 0.05) is 13.0 Å². The van der Waals surface area contributed by atoms with Crippen molar-refractivity contribution in [2.45, 2.75) is 25.9 Å². The first-order valence-corrected chi connectivity index (χ1v) is 7.02. The topological polar surface area (TPSA) is 73.9 Å². The van der Waals surface area contributed by atoms with Crippen LogP contribution >= 0.6 is 0 Å². The number of fused-ring (bicyclic) bond motifs is 1. The number of nitrogens with one attached hydrogen (secondary N) is 1. The summed E-state index contributed by atoms with van der Waals surface area (Å²) in [6.07, 6.45) is 0.163.